The first-order valence-electron chi connectivity index (χ1n) is 11.2. The van der Waals surface area contributed by atoms with Crippen molar-refractivity contribution in [2.24, 2.45) is 0 Å². The van der Waals surface area contributed by atoms with Gasteiger partial charge in [-0.25, -0.2) is 0 Å². The molecule has 170 valence electrons. The van der Waals surface area contributed by atoms with Crippen LogP contribution in [0, 0.1) is 6.92 Å². The molecule has 0 spiro atoms. The largest absolute Gasteiger partial charge is 0.376 e. The lowest BCUT2D eigenvalue weighted by atomic mass is 10.1. The average Bonchev–Trinajstić information content (AvgIpc) is 3.55. The van der Waals surface area contributed by atoms with Gasteiger partial charge in [-0.1, -0.05) is 42.1 Å². The van der Waals surface area contributed by atoms with E-state index in [1.165, 1.54) is 11.8 Å². The molecule has 5 rings (SSSR count). The Morgan fingerprint density at radius 1 is 1.27 bits per heavy atom. The fourth-order valence-corrected chi connectivity index (χ4v) is 5.02. The second-order valence-electron chi connectivity index (χ2n) is 8.42. The second kappa shape index (κ2) is 9.41. The third-order valence-corrected chi connectivity index (χ3v) is 6.97. The van der Waals surface area contributed by atoms with Crippen LogP contribution in [0.25, 0.3) is 22.3 Å². The van der Waals surface area contributed by atoms with Gasteiger partial charge in [-0.2, -0.15) is 0 Å². The maximum Gasteiger partial charge on any atom is 0.237 e. The number of anilines is 1. The molecule has 0 aliphatic carbocycles. The summed E-state index contributed by atoms with van der Waals surface area (Å²) in [5.74, 6) is 0.725. The van der Waals surface area contributed by atoms with Gasteiger partial charge >= 0.3 is 0 Å². The summed E-state index contributed by atoms with van der Waals surface area (Å²) in [5, 5.41) is 13.5. The fraction of sp³-hybridized carbons (Fsp3) is 0.320. The lowest BCUT2D eigenvalue weighted by molar-refractivity contribution is -0.115. The minimum atomic E-state index is -0.339. The van der Waals surface area contributed by atoms with E-state index in [2.05, 4.69) is 31.1 Å². The Labute approximate surface area is 196 Å². The van der Waals surface area contributed by atoms with Gasteiger partial charge in [-0.05, 0) is 50.5 Å². The number of benzene rings is 2. The number of carbonyl (C=O) groups is 1. The molecule has 2 aromatic heterocycles. The van der Waals surface area contributed by atoms with Crippen LogP contribution in [0.15, 0.2) is 59.9 Å². The number of ether oxygens (including phenoxy) is 1. The molecular formula is C25H27N5O2S. The van der Waals surface area contributed by atoms with Crippen molar-refractivity contribution in [2.45, 2.75) is 49.7 Å². The van der Waals surface area contributed by atoms with Gasteiger partial charge in [-0.3, -0.25) is 9.36 Å². The van der Waals surface area contributed by atoms with Crippen molar-refractivity contribution in [3.05, 3.63) is 60.3 Å². The van der Waals surface area contributed by atoms with Crippen LogP contribution in [0.1, 0.15) is 25.3 Å². The van der Waals surface area contributed by atoms with Crippen LogP contribution in [0.4, 0.5) is 5.69 Å². The first-order valence-corrected chi connectivity index (χ1v) is 12.1. The zero-order valence-corrected chi connectivity index (χ0v) is 19.6. The predicted octanol–water partition coefficient (Wildman–Crippen LogP) is 5.03. The zero-order valence-electron chi connectivity index (χ0n) is 18.7. The monoisotopic (exact) mass is 461 g/mol. The van der Waals surface area contributed by atoms with Crippen molar-refractivity contribution in [3.63, 3.8) is 0 Å². The molecule has 3 heterocycles. The molecule has 4 aromatic rings. The molecule has 0 radical (unpaired) electrons. The molecular weight excluding hydrogens is 434 g/mol. The van der Waals surface area contributed by atoms with E-state index in [0.717, 1.165) is 58.1 Å². The van der Waals surface area contributed by atoms with Crippen LogP contribution in [0.2, 0.25) is 0 Å². The molecule has 1 saturated heterocycles. The normalized spacial score (nSPS) is 16.8. The molecule has 1 aliphatic heterocycles. The fourth-order valence-electron chi connectivity index (χ4n) is 4.17. The summed E-state index contributed by atoms with van der Waals surface area (Å²) in [7, 11) is 0. The number of para-hydroxylation sites is 1. The molecule has 2 unspecified atom stereocenters. The van der Waals surface area contributed by atoms with Crippen LogP contribution >= 0.6 is 11.8 Å². The molecule has 8 heteroatoms. The smallest absolute Gasteiger partial charge is 0.237 e. The van der Waals surface area contributed by atoms with Crippen LogP contribution in [0.5, 0.6) is 0 Å². The minimum absolute atomic E-state index is 0.0640. The van der Waals surface area contributed by atoms with E-state index < -0.39 is 0 Å². The van der Waals surface area contributed by atoms with Gasteiger partial charge < -0.3 is 15.0 Å². The van der Waals surface area contributed by atoms with Crippen molar-refractivity contribution >= 4 is 34.3 Å². The quantitative estimate of drug-likeness (QED) is 0.377. The van der Waals surface area contributed by atoms with Crippen molar-refractivity contribution in [3.8, 4) is 11.4 Å². The van der Waals surface area contributed by atoms with Gasteiger partial charge in [0.25, 0.3) is 0 Å². The zero-order chi connectivity index (χ0) is 22.8. The SMILES string of the molecule is Cc1cccc(NC(=O)C(C)Sc2nnc(-c3c[nH]c4ccccc34)n2CC2CCCO2)c1. The van der Waals surface area contributed by atoms with Gasteiger partial charge in [0, 0.05) is 35.0 Å². The van der Waals surface area contributed by atoms with Crippen LogP contribution in [-0.2, 0) is 16.1 Å². The van der Waals surface area contributed by atoms with Gasteiger partial charge in [0.15, 0.2) is 11.0 Å². The molecule has 7 nitrogen and oxygen atoms in total. The summed E-state index contributed by atoms with van der Waals surface area (Å²) in [6, 6.07) is 16.0. The Hall–Kier alpha value is -3.10. The average molecular weight is 462 g/mol. The second-order valence-corrected chi connectivity index (χ2v) is 9.73. The first-order chi connectivity index (χ1) is 16.1. The highest BCUT2D eigenvalue weighted by Crippen LogP contribution is 2.32. The number of H-pyrrole nitrogens is 1. The van der Waals surface area contributed by atoms with Crippen molar-refractivity contribution in [1.29, 1.82) is 0 Å². The molecule has 1 aliphatic rings. The van der Waals surface area contributed by atoms with E-state index in [9.17, 15) is 4.79 Å². The number of nitrogens with zero attached hydrogens (tertiary/aromatic N) is 3. The van der Waals surface area contributed by atoms with E-state index in [1.54, 1.807) is 0 Å². The number of amides is 1. The number of carbonyl (C=O) groups excluding carboxylic acids is 1. The number of rotatable bonds is 7. The summed E-state index contributed by atoms with van der Waals surface area (Å²) in [6.45, 7) is 5.35. The highest BCUT2D eigenvalue weighted by molar-refractivity contribution is 8.00. The number of aromatic nitrogens is 4. The van der Waals surface area contributed by atoms with Crippen molar-refractivity contribution in [1.82, 2.24) is 19.7 Å². The van der Waals surface area contributed by atoms with Crippen molar-refractivity contribution in [2.75, 3.05) is 11.9 Å². The third kappa shape index (κ3) is 4.67. The lowest BCUT2D eigenvalue weighted by Crippen LogP contribution is -2.23. The standard InChI is InChI=1S/C25H27N5O2S/c1-16-7-5-8-18(13-16)27-24(31)17(2)33-25-29-28-23(30(25)15-19-9-6-12-32-19)21-14-26-22-11-4-3-10-20(21)22/h3-5,7-8,10-11,13-14,17,19,26H,6,9,12,15H2,1-2H3,(H,27,31). The minimum Gasteiger partial charge on any atom is -0.376 e. The molecule has 1 fully saturated rings. The Kier molecular flexibility index (Phi) is 6.20. The van der Waals surface area contributed by atoms with E-state index in [0.29, 0.717) is 6.54 Å². The summed E-state index contributed by atoms with van der Waals surface area (Å²) in [4.78, 5) is 16.2. The molecule has 2 N–H and O–H groups in total. The Morgan fingerprint density at radius 2 is 2.15 bits per heavy atom. The van der Waals surface area contributed by atoms with Gasteiger partial charge in [0.2, 0.25) is 5.91 Å². The maximum absolute atomic E-state index is 12.9. The Bertz CT molecular complexity index is 1270. The highest BCUT2D eigenvalue weighted by atomic mass is 32.2. The maximum atomic E-state index is 12.9. The molecule has 0 bridgehead atoms. The number of nitrogens with one attached hydrogen (secondary N) is 2. The van der Waals surface area contributed by atoms with Crippen LogP contribution < -0.4 is 5.32 Å². The number of thioether (sulfide) groups is 1. The Balaban J connectivity index is 1.42. The molecule has 33 heavy (non-hydrogen) atoms. The van der Waals surface area contributed by atoms with Gasteiger partial charge in [-0.15, -0.1) is 10.2 Å². The number of hydrogen-bond acceptors (Lipinski definition) is 5. The summed E-state index contributed by atoms with van der Waals surface area (Å²) in [5.41, 5.74) is 3.96. The topological polar surface area (TPSA) is 84.8 Å². The predicted molar refractivity (Wildman–Crippen MR) is 131 cm³/mol. The molecule has 1 amide bonds. The summed E-state index contributed by atoms with van der Waals surface area (Å²) < 4.78 is 8.01. The summed E-state index contributed by atoms with van der Waals surface area (Å²) >= 11 is 1.42. The van der Waals surface area contributed by atoms with Crippen molar-refractivity contribution < 1.29 is 9.53 Å². The number of aromatic amines is 1. The van der Waals surface area contributed by atoms with E-state index >= 15 is 0 Å². The van der Waals surface area contributed by atoms with Gasteiger partial charge in [0.1, 0.15) is 0 Å². The molecule has 2 atom stereocenters. The van der Waals surface area contributed by atoms with E-state index in [-0.39, 0.29) is 17.3 Å². The summed E-state index contributed by atoms with van der Waals surface area (Å²) in [6.07, 6.45) is 4.18. The van der Waals surface area contributed by atoms with Gasteiger partial charge in [0.05, 0.1) is 17.9 Å². The van der Waals surface area contributed by atoms with Crippen LogP contribution in [0.3, 0.4) is 0 Å². The first kappa shape index (κ1) is 21.7. The molecule has 2 aromatic carbocycles. The third-order valence-electron chi connectivity index (χ3n) is 5.89. The Morgan fingerprint density at radius 3 is 2.97 bits per heavy atom. The van der Waals surface area contributed by atoms with E-state index in [4.69, 9.17) is 4.74 Å². The number of aryl methyl sites for hydroxylation is 1. The molecule has 0 saturated carbocycles. The lowest BCUT2D eigenvalue weighted by Gasteiger charge is -2.16. The number of hydrogen-bond donors (Lipinski definition) is 2. The number of fused-ring (bicyclic) bond motifs is 1. The van der Waals surface area contributed by atoms with Crippen LogP contribution in [-0.4, -0.2) is 43.6 Å². The van der Waals surface area contributed by atoms with E-state index in [1.807, 2.05) is 62.5 Å². The highest BCUT2D eigenvalue weighted by Gasteiger charge is 2.25.